The highest BCUT2D eigenvalue weighted by Crippen LogP contribution is 2.26. The number of nitrogens with zero attached hydrogens (tertiary/aromatic N) is 2. The molecule has 74 valence electrons. The molecule has 0 amide bonds. The van der Waals surface area contributed by atoms with Gasteiger partial charge < -0.3 is 5.73 Å². The lowest BCUT2D eigenvalue weighted by molar-refractivity contribution is 0.900. The van der Waals surface area contributed by atoms with Gasteiger partial charge in [0.25, 0.3) is 0 Å². The maximum absolute atomic E-state index is 8.87. The first-order valence-electron chi connectivity index (χ1n) is 4.49. The molecule has 0 aliphatic carbocycles. The molecule has 0 radical (unpaired) electrons. The van der Waals surface area contributed by atoms with Crippen molar-refractivity contribution in [2.45, 2.75) is 30.5 Å². The van der Waals surface area contributed by atoms with Gasteiger partial charge in [-0.15, -0.1) is 11.8 Å². The van der Waals surface area contributed by atoms with Crippen molar-refractivity contribution in [1.82, 2.24) is 4.98 Å². The number of thioether (sulfide) groups is 1. The molecule has 3 nitrogen and oxygen atoms in total. The van der Waals surface area contributed by atoms with Gasteiger partial charge in [-0.05, 0) is 12.5 Å². The molecule has 1 unspecified atom stereocenters. The van der Waals surface area contributed by atoms with Gasteiger partial charge >= 0.3 is 0 Å². The zero-order valence-corrected chi connectivity index (χ0v) is 9.14. The van der Waals surface area contributed by atoms with Crippen molar-refractivity contribution in [3.8, 4) is 6.07 Å². The van der Waals surface area contributed by atoms with E-state index < -0.39 is 0 Å². The zero-order valence-electron chi connectivity index (χ0n) is 8.32. The SMILES string of the molecule is CCC(C)Sc1ncc(N)cc1C#N. The fraction of sp³-hybridized carbons (Fsp3) is 0.400. The van der Waals surface area contributed by atoms with E-state index in [1.807, 2.05) is 0 Å². The van der Waals surface area contributed by atoms with E-state index in [2.05, 4.69) is 24.9 Å². The van der Waals surface area contributed by atoms with Crippen LogP contribution in [0.25, 0.3) is 0 Å². The Balaban J connectivity index is 2.92. The summed E-state index contributed by atoms with van der Waals surface area (Å²) in [5.74, 6) is 0. The molecular weight excluding hydrogens is 194 g/mol. The predicted molar refractivity (Wildman–Crippen MR) is 59.0 cm³/mol. The smallest absolute Gasteiger partial charge is 0.114 e. The molecule has 0 fully saturated rings. The number of anilines is 1. The van der Waals surface area contributed by atoms with Gasteiger partial charge in [0.2, 0.25) is 0 Å². The van der Waals surface area contributed by atoms with Crippen molar-refractivity contribution in [3.05, 3.63) is 17.8 Å². The van der Waals surface area contributed by atoms with Gasteiger partial charge in [0.15, 0.2) is 0 Å². The Morgan fingerprint density at radius 2 is 2.43 bits per heavy atom. The van der Waals surface area contributed by atoms with Gasteiger partial charge in [-0.2, -0.15) is 5.26 Å². The van der Waals surface area contributed by atoms with Crippen LogP contribution in [-0.4, -0.2) is 10.2 Å². The summed E-state index contributed by atoms with van der Waals surface area (Å²) in [5, 5.41) is 10.1. The molecule has 0 bridgehead atoms. The molecule has 1 atom stereocenters. The van der Waals surface area contributed by atoms with Crippen LogP contribution in [0.4, 0.5) is 5.69 Å². The Morgan fingerprint density at radius 3 is 3.00 bits per heavy atom. The standard InChI is InChI=1S/C10H13N3S/c1-3-7(2)14-10-8(5-11)4-9(12)6-13-10/h4,6-7H,3,12H2,1-2H3. The zero-order chi connectivity index (χ0) is 10.6. The lowest BCUT2D eigenvalue weighted by Gasteiger charge is -2.08. The van der Waals surface area contributed by atoms with Crippen LogP contribution in [0.5, 0.6) is 0 Å². The van der Waals surface area contributed by atoms with Crippen LogP contribution in [0.1, 0.15) is 25.8 Å². The molecule has 0 aliphatic heterocycles. The fourth-order valence-corrected chi connectivity index (χ4v) is 1.81. The number of hydrogen-bond acceptors (Lipinski definition) is 4. The molecule has 1 rings (SSSR count). The van der Waals surface area contributed by atoms with Crippen molar-refractivity contribution < 1.29 is 0 Å². The first-order valence-corrected chi connectivity index (χ1v) is 5.37. The van der Waals surface area contributed by atoms with E-state index in [1.54, 1.807) is 24.0 Å². The molecule has 0 saturated heterocycles. The van der Waals surface area contributed by atoms with Gasteiger partial charge in [-0.3, -0.25) is 0 Å². The molecule has 4 heteroatoms. The highest BCUT2D eigenvalue weighted by Gasteiger charge is 2.08. The topological polar surface area (TPSA) is 62.7 Å². The Hall–Kier alpha value is -1.21. The van der Waals surface area contributed by atoms with Crippen molar-refractivity contribution in [1.29, 1.82) is 5.26 Å². The minimum absolute atomic E-state index is 0.471. The third-order valence-corrected chi connectivity index (χ3v) is 3.16. The largest absolute Gasteiger partial charge is 0.397 e. The highest BCUT2D eigenvalue weighted by atomic mass is 32.2. The van der Waals surface area contributed by atoms with E-state index in [4.69, 9.17) is 11.0 Å². The number of pyridine rings is 1. The number of nitrogens with two attached hydrogens (primary N) is 1. The van der Waals surface area contributed by atoms with Gasteiger partial charge in [0, 0.05) is 5.25 Å². The van der Waals surface area contributed by atoms with Crippen LogP contribution in [0.2, 0.25) is 0 Å². The molecule has 0 spiro atoms. The fourth-order valence-electron chi connectivity index (χ4n) is 0.916. The van der Waals surface area contributed by atoms with E-state index in [1.165, 1.54) is 0 Å². The summed E-state index contributed by atoms with van der Waals surface area (Å²) in [6.45, 7) is 4.23. The molecule has 1 aromatic heterocycles. The molecular formula is C10H13N3S. The van der Waals surface area contributed by atoms with Crippen LogP contribution in [-0.2, 0) is 0 Å². The molecule has 14 heavy (non-hydrogen) atoms. The molecule has 0 saturated carbocycles. The monoisotopic (exact) mass is 207 g/mol. The predicted octanol–water partition coefficient (Wildman–Crippen LogP) is 2.43. The van der Waals surface area contributed by atoms with Gasteiger partial charge in [0.1, 0.15) is 11.1 Å². The van der Waals surface area contributed by atoms with Crippen LogP contribution in [0, 0.1) is 11.3 Å². The summed E-state index contributed by atoms with van der Waals surface area (Å²) in [6, 6.07) is 3.77. The van der Waals surface area contributed by atoms with Crippen molar-refractivity contribution in [2.75, 3.05) is 5.73 Å². The Morgan fingerprint density at radius 1 is 1.71 bits per heavy atom. The Labute approximate surface area is 88.3 Å². The van der Waals surface area contributed by atoms with Crippen molar-refractivity contribution >= 4 is 17.4 Å². The second-order valence-electron chi connectivity index (χ2n) is 3.07. The van der Waals surface area contributed by atoms with Gasteiger partial charge in [0.05, 0.1) is 17.4 Å². The van der Waals surface area contributed by atoms with Crippen LogP contribution in [0.3, 0.4) is 0 Å². The summed E-state index contributed by atoms with van der Waals surface area (Å²) in [5.41, 5.74) is 6.65. The quantitative estimate of drug-likeness (QED) is 0.773. The van der Waals surface area contributed by atoms with Gasteiger partial charge in [-0.25, -0.2) is 4.98 Å². The van der Waals surface area contributed by atoms with E-state index in [0.717, 1.165) is 11.4 Å². The van der Waals surface area contributed by atoms with Gasteiger partial charge in [-0.1, -0.05) is 13.8 Å². The first-order chi connectivity index (χ1) is 6.67. The van der Waals surface area contributed by atoms with Crippen molar-refractivity contribution in [3.63, 3.8) is 0 Å². The molecule has 2 N–H and O–H groups in total. The number of nitrogen functional groups attached to an aromatic ring is 1. The number of nitriles is 1. The lowest BCUT2D eigenvalue weighted by atomic mass is 10.3. The first kappa shape index (κ1) is 10.9. The van der Waals surface area contributed by atoms with E-state index in [0.29, 0.717) is 16.5 Å². The second kappa shape index (κ2) is 4.87. The van der Waals surface area contributed by atoms with Crippen LogP contribution < -0.4 is 5.73 Å². The summed E-state index contributed by atoms with van der Waals surface area (Å²) < 4.78 is 0. The molecule has 0 aliphatic rings. The van der Waals surface area contributed by atoms with E-state index in [9.17, 15) is 0 Å². The van der Waals surface area contributed by atoms with Crippen LogP contribution in [0.15, 0.2) is 17.3 Å². The normalized spacial score (nSPS) is 12.1. The van der Waals surface area contributed by atoms with E-state index in [-0.39, 0.29) is 0 Å². The number of aromatic nitrogens is 1. The Bertz CT molecular complexity index is 357. The second-order valence-corrected chi connectivity index (χ2v) is 4.50. The third-order valence-electron chi connectivity index (χ3n) is 1.88. The summed E-state index contributed by atoms with van der Waals surface area (Å²) in [6.07, 6.45) is 2.65. The number of hydrogen-bond donors (Lipinski definition) is 1. The Kier molecular flexibility index (Phi) is 3.78. The number of rotatable bonds is 3. The highest BCUT2D eigenvalue weighted by molar-refractivity contribution is 7.99. The third kappa shape index (κ3) is 2.64. The summed E-state index contributed by atoms with van der Waals surface area (Å²) in [7, 11) is 0. The van der Waals surface area contributed by atoms with Crippen molar-refractivity contribution in [2.24, 2.45) is 0 Å². The minimum Gasteiger partial charge on any atom is -0.397 e. The molecule has 1 aromatic rings. The average Bonchev–Trinajstić information content (AvgIpc) is 2.20. The molecule has 0 aromatic carbocycles. The maximum Gasteiger partial charge on any atom is 0.114 e. The summed E-state index contributed by atoms with van der Waals surface area (Å²) >= 11 is 1.61. The lowest BCUT2D eigenvalue weighted by Crippen LogP contribution is -1.97. The minimum atomic E-state index is 0.471. The van der Waals surface area contributed by atoms with E-state index >= 15 is 0 Å². The summed E-state index contributed by atoms with van der Waals surface area (Å²) in [4.78, 5) is 4.15. The average molecular weight is 207 g/mol. The molecule has 1 heterocycles. The van der Waals surface area contributed by atoms with Crippen LogP contribution >= 0.6 is 11.8 Å². The maximum atomic E-state index is 8.87.